The summed E-state index contributed by atoms with van der Waals surface area (Å²) in [5.41, 5.74) is 5.28. The average molecular weight is 265 g/mol. The van der Waals surface area contributed by atoms with E-state index >= 15 is 0 Å². The zero-order valence-electron chi connectivity index (χ0n) is 8.25. The minimum Gasteiger partial charge on any atom is -0.378 e. The summed E-state index contributed by atoms with van der Waals surface area (Å²) in [7, 11) is 0. The highest BCUT2D eigenvalue weighted by Gasteiger charge is 2.27. The lowest BCUT2D eigenvalue weighted by Gasteiger charge is -2.15. The minimum atomic E-state index is 0.241. The third-order valence-electron chi connectivity index (χ3n) is 2.28. The van der Waals surface area contributed by atoms with Gasteiger partial charge in [0.25, 0.3) is 0 Å². The first-order valence-corrected chi connectivity index (χ1v) is 6.01. The third-order valence-corrected chi connectivity index (χ3v) is 3.20. The fourth-order valence-corrected chi connectivity index (χ4v) is 1.97. The van der Waals surface area contributed by atoms with E-state index in [2.05, 4.69) is 15.9 Å². The molecule has 1 atom stereocenters. The number of ether oxygens (including phenoxy) is 1. The summed E-state index contributed by atoms with van der Waals surface area (Å²) < 4.78 is 5.23. The molecule has 1 aliphatic rings. The van der Waals surface area contributed by atoms with Crippen molar-refractivity contribution < 1.29 is 9.53 Å². The van der Waals surface area contributed by atoms with Gasteiger partial charge in [-0.3, -0.25) is 4.79 Å². The molecule has 1 aliphatic heterocycles. The molecule has 2 N–H and O–H groups in total. The first kappa shape index (κ1) is 11.9. The normalized spacial score (nSPS) is 22.0. The van der Waals surface area contributed by atoms with Crippen molar-refractivity contribution in [2.75, 3.05) is 38.2 Å². The average Bonchev–Trinajstić information content (AvgIpc) is 2.54. The van der Waals surface area contributed by atoms with Crippen molar-refractivity contribution in [3.05, 3.63) is 0 Å². The van der Waals surface area contributed by atoms with Crippen LogP contribution in [-0.4, -0.2) is 49.0 Å². The summed E-state index contributed by atoms with van der Waals surface area (Å²) in [5.74, 6) is 0.711. The van der Waals surface area contributed by atoms with Crippen molar-refractivity contribution in [3.8, 4) is 0 Å². The highest BCUT2D eigenvalue weighted by Crippen LogP contribution is 2.18. The van der Waals surface area contributed by atoms with Gasteiger partial charge in [-0.25, -0.2) is 0 Å². The van der Waals surface area contributed by atoms with Crippen LogP contribution in [0.4, 0.5) is 0 Å². The van der Waals surface area contributed by atoms with E-state index in [9.17, 15) is 4.79 Å². The first-order valence-electron chi connectivity index (χ1n) is 4.89. The van der Waals surface area contributed by atoms with Gasteiger partial charge in [0, 0.05) is 31.4 Å². The van der Waals surface area contributed by atoms with Gasteiger partial charge in [0.15, 0.2) is 0 Å². The van der Waals surface area contributed by atoms with E-state index in [4.69, 9.17) is 10.5 Å². The summed E-state index contributed by atoms with van der Waals surface area (Å²) in [4.78, 5) is 13.3. The van der Waals surface area contributed by atoms with E-state index in [0.29, 0.717) is 38.6 Å². The molecular weight excluding hydrogens is 248 g/mol. The molecular formula is C9H17BrN2O2. The molecule has 1 unspecified atom stereocenters. The van der Waals surface area contributed by atoms with Crippen molar-refractivity contribution >= 4 is 21.8 Å². The van der Waals surface area contributed by atoms with Crippen molar-refractivity contribution in [3.63, 3.8) is 0 Å². The fraction of sp³-hybridized carbons (Fsp3) is 0.889. The van der Waals surface area contributed by atoms with Crippen molar-refractivity contribution in [2.24, 2.45) is 11.7 Å². The Morgan fingerprint density at radius 2 is 2.36 bits per heavy atom. The number of alkyl halides is 1. The quantitative estimate of drug-likeness (QED) is 0.551. The van der Waals surface area contributed by atoms with Crippen LogP contribution in [0.25, 0.3) is 0 Å². The van der Waals surface area contributed by atoms with Crippen LogP contribution in [0, 0.1) is 5.92 Å². The standard InChI is InChI=1S/C9H17BrN2O2/c10-6-8-5-9(13)12(7-8)2-4-14-3-1-11/h8H,1-7,11H2. The maximum atomic E-state index is 11.4. The van der Waals surface area contributed by atoms with Crippen LogP contribution < -0.4 is 5.73 Å². The Kier molecular flexibility index (Phi) is 5.44. The molecule has 1 amide bonds. The van der Waals surface area contributed by atoms with Crippen LogP contribution >= 0.6 is 15.9 Å². The molecule has 1 saturated heterocycles. The highest BCUT2D eigenvalue weighted by molar-refractivity contribution is 9.09. The highest BCUT2D eigenvalue weighted by atomic mass is 79.9. The largest absolute Gasteiger partial charge is 0.378 e. The van der Waals surface area contributed by atoms with Gasteiger partial charge in [0.1, 0.15) is 0 Å². The van der Waals surface area contributed by atoms with Crippen LogP contribution in [-0.2, 0) is 9.53 Å². The number of hydrogen-bond donors (Lipinski definition) is 1. The second-order valence-electron chi connectivity index (χ2n) is 3.47. The summed E-state index contributed by atoms with van der Waals surface area (Å²) in [6, 6.07) is 0. The lowest BCUT2D eigenvalue weighted by Crippen LogP contribution is -2.29. The summed E-state index contributed by atoms with van der Waals surface area (Å²) in [6.07, 6.45) is 0.669. The number of hydrogen-bond acceptors (Lipinski definition) is 3. The van der Waals surface area contributed by atoms with Gasteiger partial charge in [0.05, 0.1) is 13.2 Å². The topological polar surface area (TPSA) is 55.6 Å². The third kappa shape index (κ3) is 3.55. The predicted octanol–water partition coefficient (Wildman–Crippen LogP) is 0.205. The van der Waals surface area contributed by atoms with Gasteiger partial charge in [-0.1, -0.05) is 15.9 Å². The molecule has 82 valence electrons. The van der Waals surface area contributed by atoms with Crippen molar-refractivity contribution in [1.82, 2.24) is 4.90 Å². The molecule has 0 aromatic heterocycles. The maximum Gasteiger partial charge on any atom is 0.223 e. The molecule has 4 nitrogen and oxygen atoms in total. The molecule has 0 aromatic rings. The van der Waals surface area contributed by atoms with Crippen LogP contribution in [0.2, 0.25) is 0 Å². The smallest absolute Gasteiger partial charge is 0.223 e. The number of carbonyl (C=O) groups is 1. The van der Waals surface area contributed by atoms with Gasteiger partial charge in [-0.15, -0.1) is 0 Å². The number of likely N-dealkylation sites (tertiary alicyclic amines) is 1. The Balaban J connectivity index is 2.15. The molecule has 5 heteroatoms. The summed E-state index contributed by atoms with van der Waals surface area (Å²) >= 11 is 3.40. The molecule has 1 rings (SSSR count). The molecule has 0 saturated carbocycles. The van der Waals surface area contributed by atoms with Crippen LogP contribution in [0.15, 0.2) is 0 Å². The van der Waals surface area contributed by atoms with E-state index in [1.165, 1.54) is 0 Å². The Morgan fingerprint density at radius 1 is 1.57 bits per heavy atom. The Morgan fingerprint density at radius 3 is 2.93 bits per heavy atom. The fourth-order valence-electron chi connectivity index (χ4n) is 1.53. The molecule has 0 aliphatic carbocycles. The maximum absolute atomic E-state index is 11.4. The van der Waals surface area contributed by atoms with Crippen LogP contribution in [0.5, 0.6) is 0 Å². The van der Waals surface area contributed by atoms with Gasteiger partial charge in [0.2, 0.25) is 5.91 Å². The van der Waals surface area contributed by atoms with Crippen LogP contribution in [0.1, 0.15) is 6.42 Å². The monoisotopic (exact) mass is 264 g/mol. The van der Waals surface area contributed by atoms with Crippen LogP contribution in [0.3, 0.4) is 0 Å². The van der Waals surface area contributed by atoms with Gasteiger partial charge in [-0.05, 0) is 5.92 Å². The second kappa shape index (κ2) is 6.37. The zero-order chi connectivity index (χ0) is 10.4. The van der Waals surface area contributed by atoms with E-state index in [0.717, 1.165) is 11.9 Å². The summed E-state index contributed by atoms with van der Waals surface area (Å²) in [6.45, 7) is 3.26. The second-order valence-corrected chi connectivity index (χ2v) is 4.11. The molecule has 1 heterocycles. The number of nitrogens with two attached hydrogens (primary N) is 1. The van der Waals surface area contributed by atoms with Gasteiger partial charge in [-0.2, -0.15) is 0 Å². The molecule has 0 bridgehead atoms. The molecule has 14 heavy (non-hydrogen) atoms. The molecule has 0 spiro atoms. The summed E-state index contributed by atoms with van der Waals surface area (Å²) in [5, 5.41) is 0.902. The number of amides is 1. The molecule has 1 fully saturated rings. The minimum absolute atomic E-state index is 0.241. The van der Waals surface area contributed by atoms with Crippen molar-refractivity contribution in [1.29, 1.82) is 0 Å². The molecule has 0 radical (unpaired) electrons. The number of rotatable bonds is 6. The van der Waals surface area contributed by atoms with Gasteiger partial charge >= 0.3 is 0 Å². The van der Waals surface area contributed by atoms with E-state index in [1.807, 2.05) is 4.90 Å². The first-order chi connectivity index (χ1) is 6.77. The number of carbonyl (C=O) groups excluding carboxylic acids is 1. The Labute approximate surface area is 92.9 Å². The van der Waals surface area contributed by atoms with E-state index in [1.54, 1.807) is 0 Å². The lowest BCUT2D eigenvalue weighted by atomic mass is 10.2. The van der Waals surface area contributed by atoms with Gasteiger partial charge < -0.3 is 15.4 Å². The lowest BCUT2D eigenvalue weighted by molar-refractivity contribution is -0.128. The zero-order valence-corrected chi connectivity index (χ0v) is 9.83. The predicted molar refractivity (Wildman–Crippen MR) is 58.4 cm³/mol. The molecule has 0 aromatic carbocycles. The Bertz CT molecular complexity index is 190. The SMILES string of the molecule is NCCOCCN1CC(CBr)CC1=O. The van der Waals surface area contributed by atoms with Crippen molar-refractivity contribution in [2.45, 2.75) is 6.42 Å². The number of nitrogens with zero attached hydrogens (tertiary/aromatic N) is 1. The van der Waals surface area contributed by atoms with E-state index < -0.39 is 0 Å². The number of halogens is 1. The Hall–Kier alpha value is -0.130. The van der Waals surface area contributed by atoms with E-state index in [-0.39, 0.29) is 5.91 Å².